The molecule has 0 heterocycles. The minimum atomic E-state index is 0. The Kier molecular flexibility index (Phi) is 18.6. The zero-order valence-electron chi connectivity index (χ0n) is 11.6. The molecule has 0 saturated heterocycles. The number of rotatable bonds is 11. The Morgan fingerprint density at radius 1 is 0.625 bits per heavy atom. The first-order valence-corrected chi connectivity index (χ1v) is 8.72. The third-order valence-corrected chi connectivity index (χ3v) is 5.53. The normalized spacial score (nSPS) is 10.5. The number of hydrogen-bond acceptors (Lipinski definition) is 0. The van der Waals surface area contributed by atoms with Crippen LogP contribution >= 0.6 is 0 Å². The average Bonchev–Trinajstić information content (AvgIpc) is 2.27. The van der Waals surface area contributed by atoms with E-state index in [1.54, 1.807) is 0 Å². The Bertz CT molecular complexity index is 105. The largest absolute Gasteiger partial charge is 1.00 e. The Hall–Kier alpha value is 0.640. The second-order valence-electron chi connectivity index (χ2n) is 4.43. The van der Waals surface area contributed by atoms with Crippen molar-refractivity contribution in [2.75, 3.05) is 17.3 Å². The van der Waals surface area contributed by atoms with Crippen LogP contribution < -0.4 is 12.4 Å². The molecule has 0 radical (unpaired) electrons. The molecule has 0 aromatic carbocycles. The first kappa shape index (κ1) is 19.0. The summed E-state index contributed by atoms with van der Waals surface area (Å²) in [5.41, 5.74) is 0. The van der Waals surface area contributed by atoms with Crippen molar-refractivity contribution in [3.8, 4) is 0 Å². The molecule has 0 aliphatic rings. The van der Waals surface area contributed by atoms with Crippen molar-refractivity contribution in [1.29, 1.82) is 0 Å². The van der Waals surface area contributed by atoms with Gasteiger partial charge in [-0.1, -0.05) is 39.5 Å². The Labute approximate surface area is 113 Å². The summed E-state index contributed by atoms with van der Waals surface area (Å²) in [7, 11) is 0.762. The summed E-state index contributed by atoms with van der Waals surface area (Å²) in [5.74, 6) is 4.46. The smallest absolute Gasteiger partial charge is 0.108 e. The molecule has 2 heteroatoms. The Morgan fingerprint density at radius 2 is 1.06 bits per heavy atom. The molecule has 0 saturated carbocycles. The van der Waals surface area contributed by atoms with E-state index in [9.17, 15) is 0 Å². The highest BCUT2D eigenvalue weighted by atomic mass is 35.5. The lowest BCUT2D eigenvalue weighted by Crippen LogP contribution is -3.00. The fraction of sp³-hybridized carbons (Fsp3) is 1.00. The number of hydrogen-bond donors (Lipinski definition) is 0. The zero-order chi connectivity index (χ0) is 11.4. The molecule has 0 fully saturated rings. The standard InChI is InChI=1S/C14H31S.ClH/c1-4-7-9-11-13-15(6-3)14-12-10-8-5-2;/h4-14H2,1-3H3;1H/q+1;/p-1. The maximum absolute atomic E-state index is 2.38. The lowest BCUT2D eigenvalue weighted by Gasteiger charge is -2.06. The molecule has 0 rings (SSSR count). The highest BCUT2D eigenvalue weighted by Gasteiger charge is 2.13. The van der Waals surface area contributed by atoms with Crippen LogP contribution in [0.5, 0.6) is 0 Å². The quantitative estimate of drug-likeness (QED) is 0.395. The second kappa shape index (κ2) is 15.6. The molecule has 100 valence electrons. The molecule has 0 aliphatic carbocycles. The summed E-state index contributed by atoms with van der Waals surface area (Å²) < 4.78 is 0. The van der Waals surface area contributed by atoms with E-state index in [0.717, 1.165) is 10.9 Å². The SMILES string of the molecule is CCCCCC[S+](CC)CCCCCC.[Cl-]. The van der Waals surface area contributed by atoms with Gasteiger partial charge in [0, 0.05) is 0 Å². The summed E-state index contributed by atoms with van der Waals surface area (Å²) in [6.07, 6.45) is 11.5. The molecule has 0 aromatic rings. The molecule has 16 heavy (non-hydrogen) atoms. The van der Waals surface area contributed by atoms with Gasteiger partial charge < -0.3 is 12.4 Å². The summed E-state index contributed by atoms with van der Waals surface area (Å²) in [4.78, 5) is 0. The van der Waals surface area contributed by atoms with Gasteiger partial charge in [0.1, 0.15) is 17.3 Å². The van der Waals surface area contributed by atoms with Gasteiger partial charge in [0.25, 0.3) is 0 Å². The van der Waals surface area contributed by atoms with Crippen molar-refractivity contribution in [1.82, 2.24) is 0 Å². The molecule has 0 amide bonds. The van der Waals surface area contributed by atoms with E-state index in [2.05, 4.69) is 20.8 Å². The van der Waals surface area contributed by atoms with E-state index in [4.69, 9.17) is 0 Å². The van der Waals surface area contributed by atoms with Crippen LogP contribution in [-0.2, 0) is 10.9 Å². The molecule has 0 N–H and O–H groups in total. The summed E-state index contributed by atoms with van der Waals surface area (Å²) in [6, 6.07) is 0. The molecular formula is C14H31ClS. The van der Waals surface area contributed by atoms with E-state index in [1.807, 2.05) is 0 Å². The fourth-order valence-corrected chi connectivity index (χ4v) is 3.86. The molecule has 0 spiro atoms. The van der Waals surface area contributed by atoms with Gasteiger partial charge in [0.2, 0.25) is 0 Å². The van der Waals surface area contributed by atoms with Gasteiger partial charge in [-0.05, 0) is 43.5 Å². The zero-order valence-corrected chi connectivity index (χ0v) is 13.1. The Balaban J connectivity index is 0. The summed E-state index contributed by atoms with van der Waals surface area (Å²) in [6.45, 7) is 6.97. The first-order chi connectivity index (χ1) is 7.35. The fourth-order valence-electron chi connectivity index (χ4n) is 1.86. The lowest BCUT2D eigenvalue weighted by molar-refractivity contribution is -0.00000346. The minimum Gasteiger partial charge on any atom is -1.00 e. The topological polar surface area (TPSA) is 0 Å². The van der Waals surface area contributed by atoms with Gasteiger partial charge in [0.15, 0.2) is 0 Å². The molecule has 0 bridgehead atoms. The maximum Gasteiger partial charge on any atom is 0.108 e. The van der Waals surface area contributed by atoms with E-state index in [0.29, 0.717) is 0 Å². The predicted octanol–water partition coefficient (Wildman–Crippen LogP) is 1.79. The van der Waals surface area contributed by atoms with Gasteiger partial charge in [-0.3, -0.25) is 0 Å². The van der Waals surface area contributed by atoms with Crippen molar-refractivity contribution in [3.05, 3.63) is 0 Å². The summed E-state index contributed by atoms with van der Waals surface area (Å²) >= 11 is 0. The van der Waals surface area contributed by atoms with E-state index in [-0.39, 0.29) is 12.4 Å². The third-order valence-electron chi connectivity index (χ3n) is 2.98. The highest BCUT2D eigenvalue weighted by molar-refractivity contribution is 7.96. The van der Waals surface area contributed by atoms with Gasteiger partial charge in [-0.2, -0.15) is 0 Å². The van der Waals surface area contributed by atoms with Gasteiger partial charge in [0.05, 0.1) is 0 Å². The van der Waals surface area contributed by atoms with Crippen molar-refractivity contribution in [3.63, 3.8) is 0 Å². The molecule has 0 aliphatic heterocycles. The van der Waals surface area contributed by atoms with Crippen LogP contribution in [0.3, 0.4) is 0 Å². The van der Waals surface area contributed by atoms with Gasteiger partial charge in [-0.25, -0.2) is 0 Å². The lowest BCUT2D eigenvalue weighted by atomic mass is 10.2. The van der Waals surface area contributed by atoms with Crippen LogP contribution in [0.2, 0.25) is 0 Å². The van der Waals surface area contributed by atoms with Crippen molar-refractivity contribution in [2.45, 2.75) is 72.1 Å². The minimum absolute atomic E-state index is 0. The van der Waals surface area contributed by atoms with E-state index >= 15 is 0 Å². The highest BCUT2D eigenvalue weighted by Crippen LogP contribution is 2.09. The molecule has 0 aromatic heterocycles. The second-order valence-corrected chi connectivity index (χ2v) is 7.05. The van der Waals surface area contributed by atoms with Crippen LogP contribution in [0.4, 0.5) is 0 Å². The van der Waals surface area contributed by atoms with Crippen LogP contribution in [0.15, 0.2) is 0 Å². The number of unbranched alkanes of at least 4 members (excludes halogenated alkanes) is 6. The van der Waals surface area contributed by atoms with Crippen LogP contribution in [0.1, 0.15) is 72.1 Å². The van der Waals surface area contributed by atoms with E-state index in [1.165, 1.54) is 68.6 Å². The maximum atomic E-state index is 2.38. The van der Waals surface area contributed by atoms with Crippen molar-refractivity contribution < 1.29 is 12.4 Å². The average molecular weight is 267 g/mol. The van der Waals surface area contributed by atoms with Gasteiger partial charge >= 0.3 is 0 Å². The van der Waals surface area contributed by atoms with E-state index < -0.39 is 0 Å². The summed E-state index contributed by atoms with van der Waals surface area (Å²) in [5, 5.41) is 0. The molecule has 0 unspecified atom stereocenters. The van der Waals surface area contributed by atoms with Crippen LogP contribution in [0.25, 0.3) is 0 Å². The monoisotopic (exact) mass is 266 g/mol. The van der Waals surface area contributed by atoms with Gasteiger partial charge in [-0.15, -0.1) is 0 Å². The van der Waals surface area contributed by atoms with Crippen molar-refractivity contribution >= 4 is 10.9 Å². The molecule has 0 nitrogen and oxygen atoms in total. The van der Waals surface area contributed by atoms with Crippen LogP contribution in [0, 0.1) is 0 Å². The predicted molar refractivity (Wildman–Crippen MR) is 75.9 cm³/mol. The third kappa shape index (κ3) is 12.7. The number of halogens is 1. The Morgan fingerprint density at radius 3 is 1.38 bits per heavy atom. The van der Waals surface area contributed by atoms with Crippen LogP contribution in [-0.4, -0.2) is 17.3 Å². The van der Waals surface area contributed by atoms with Crippen molar-refractivity contribution in [2.24, 2.45) is 0 Å². The molecule has 0 atom stereocenters. The first-order valence-electron chi connectivity index (χ1n) is 6.99. The molecular weight excluding hydrogens is 236 g/mol.